The van der Waals surface area contributed by atoms with Gasteiger partial charge in [0.15, 0.2) is 0 Å². The number of hydrogen-bond acceptors (Lipinski definition) is 1. The molecular weight excluding hydrogens is 182 g/mol. The molecule has 0 atom stereocenters. The summed E-state index contributed by atoms with van der Waals surface area (Å²) >= 11 is 0. The molecule has 0 aliphatic carbocycles. The molecule has 0 bridgehead atoms. The van der Waals surface area contributed by atoms with Crippen molar-refractivity contribution in [3.05, 3.63) is 47.2 Å². The molecule has 0 aromatic heterocycles. The predicted octanol–water partition coefficient (Wildman–Crippen LogP) is 3.14. The van der Waals surface area contributed by atoms with Gasteiger partial charge >= 0.3 is 0 Å². The third kappa shape index (κ3) is 2.06. The molecule has 1 aliphatic heterocycles. The topological polar surface area (TPSA) is 12.0 Å². The van der Waals surface area contributed by atoms with Crippen LogP contribution in [0.25, 0.3) is 0 Å². The first kappa shape index (κ1) is 10.3. The largest absolute Gasteiger partial charge is 0.384 e. The van der Waals surface area contributed by atoms with Crippen LogP contribution in [0.1, 0.15) is 37.5 Å². The lowest BCUT2D eigenvalue weighted by Gasteiger charge is -2.25. The Morgan fingerprint density at radius 1 is 1.20 bits per heavy atom. The lowest BCUT2D eigenvalue weighted by atomic mass is 9.84. The van der Waals surface area contributed by atoms with Crippen molar-refractivity contribution in [2.75, 3.05) is 0 Å². The summed E-state index contributed by atoms with van der Waals surface area (Å²) < 4.78 is 0. The van der Waals surface area contributed by atoms with E-state index in [-0.39, 0.29) is 5.41 Å². The second-order valence-electron chi connectivity index (χ2n) is 5.37. The fraction of sp³-hybridized carbons (Fsp3) is 0.429. The highest BCUT2D eigenvalue weighted by molar-refractivity contribution is 5.39. The first-order chi connectivity index (χ1) is 6.97. The van der Waals surface area contributed by atoms with Crippen LogP contribution in [-0.4, -0.2) is 0 Å². The van der Waals surface area contributed by atoms with Gasteiger partial charge in [-0.15, -0.1) is 0 Å². The zero-order valence-corrected chi connectivity index (χ0v) is 9.85. The minimum Gasteiger partial charge on any atom is -0.384 e. The van der Waals surface area contributed by atoms with E-state index < -0.39 is 0 Å². The highest BCUT2D eigenvalue weighted by atomic mass is 14.9. The van der Waals surface area contributed by atoms with E-state index >= 15 is 0 Å². The average Bonchev–Trinajstić information content (AvgIpc) is 2.15. The predicted molar refractivity (Wildman–Crippen MR) is 64.8 cm³/mol. The van der Waals surface area contributed by atoms with Crippen molar-refractivity contribution in [1.29, 1.82) is 0 Å². The molecule has 80 valence electrons. The van der Waals surface area contributed by atoms with Gasteiger partial charge in [-0.1, -0.05) is 45.5 Å². The van der Waals surface area contributed by atoms with Gasteiger partial charge in [-0.3, -0.25) is 0 Å². The molecule has 1 nitrogen and oxygen atoms in total. The van der Waals surface area contributed by atoms with Crippen molar-refractivity contribution in [2.24, 2.45) is 0 Å². The smallest absolute Gasteiger partial charge is 0.0400 e. The molecular formula is C14H19N. The molecule has 1 heterocycles. The van der Waals surface area contributed by atoms with E-state index in [0.29, 0.717) is 0 Å². The van der Waals surface area contributed by atoms with E-state index in [1.165, 1.54) is 16.7 Å². The zero-order valence-electron chi connectivity index (χ0n) is 9.85. The summed E-state index contributed by atoms with van der Waals surface area (Å²) in [6, 6.07) is 6.83. The van der Waals surface area contributed by atoms with E-state index in [1.54, 1.807) is 0 Å². The maximum Gasteiger partial charge on any atom is 0.0400 e. The number of benzene rings is 1. The van der Waals surface area contributed by atoms with Crippen molar-refractivity contribution in [3.63, 3.8) is 0 Å². The molecule has 1 aliphatic rings. The van der Waals surface area contributed by atoms with Gasteiger partial charge in [0.25, 0.3) is 0 Å². The molecule has 0 saturated carbocycles. The van der Waals surface area contributed by atoms with Crippen LogP contribution in [-0.2, 0) is 18.4 Å². The molecule has 15 heavy (non-hydrogen) atoms. The molecule has 1 aromatic rings. The van der Waals surface area contributed by atoms with Crippen molar-refractivity contribution in [2.45, 2.75) is 39.2 Å². The lowest BCUT2D eigenvalue weighted by Crippen LogP contribution is -2.22. The van der Waals surface area contributed by atoms with Crippen LogP contribution in [0.4, 0.5) is 0 Å². The van der Waals surface area contributed by atoms with Crippen LogP contribution >= 0.6 is 0 Å². The third-order valence-electron chi connectivity index (χ3n) is 3.00. The molecule has 0 saturated heterocycles. The molecule has 1 N–H and O–H groups in total. The minimum atomic E-state index is 0.240. The first-order valence-corrected chi connectivity index (χ1v) is 5.51. The van der Waals surface area contributed by atoms with Gasteiger partial charge in [0.05, 0.1) is 0 Å². The summed E-state index contributed by atoms with van der Waals surface area (Å²) in [5, 5.41) is 3.32. The van der Waals surface area contributed by atoms with Crippen LogP contribution < -0.4 is 5.32 Å². The normalized spacial score (nSPS) is 15.8. The Balaban J connectivity index is 2.39. The Kier molecular flexibility index (Phi) is 2.34. The van der Waals surface area contributed by atoms with Crippen molar-refractivity contribution in [3.8, 4) is 0 Å². The Morgan fingerprint density at radius 2 is 1.93 bits per heavy atom. The standard InChI is InChI=1S/C14H19N/c1-10-7-11-5-6-13(14(2,3)4)8-12(11)9-15-10/h5-6,8,15H,1,7,9H2,2-4H3. The Bertz CT molecular complexity index is 396. The Morgan fingerprint density at radius 3 is 2.60 bits per heavy atom. The summed E-state index contributed by atoms with van der Waals surface area (Å²) in [4.78, 5) is 0. The van der Waals surface area contributed by atoms with E-state index in [0.717, 1.165) is 18.7 Å². The zero-order chi connectivity index (χ0) is 11.1. The highest BCUT2D eigenvalue weighted by Gasteiger charge is 2.17. The summed E-state index contributed by atoms with van der Waals surface area (Å²) in [7, 11) is 0. The average molecular weight is 201 g/mol. The number of rotatable bonds is 0. The van der Waals surface area contributed by atoms with Gasteiger partial charge in [-0.05, 0) is 22.1 Å². The maximum atomic E-state index is 3.97. The van der Waals surface area contributed by atoms with Crippen LogP contribution in [0.5, 0.6) is 0 Å². The van der Waals surface area contributed by atoms with Crippen molar-refractivity contribution >= 4 is 0 Å². The fourth-order valence-electron chi connectivity index (χ4n) is 1.94. The summed E-state index contributed by atoms with van der Waals surface area (Å²) in [6.45, 7) is 11.7. The second kappa shape index (κ2) is 3.41. The quantitative estimate of drug-likeness (QED) is 0.680. The molecule has 1 aromatic carbocycles. The van der Waals surface area contributed by atoms with Crippen molar-refractivity contribution in [1.82, 2.24) is 5.32 Å². The molecule has 1 heteroatoms. The van der Waals surface area contributed by atoms with Gasteiger partial charge in [0.1, 0.15) is 0 Å². The van der Waals surface area contributed by atoms with Gasteiger partial charge < -0.3 is 5.32 Å². The monoisotopic (exact) mass is 201 g/mol. The maximum absolute atomic E-state index is 3.97. The van der Waals surface area contributed by atoms with Crippen LogP contribution in [0.3, 0.4) is 0 Å². The van der Waals surface area contributed by atoms with E-state index in [2.05, 4.69) is 50.9 Å². The molecule has 0 radical (unpaired) electrons. The highest BCUT2D eigenvalue weighted by Crippen LogP contribution is 2.26. The summed E-state index contributed by atoms with van der Waals surface area (Å²) in [5.41, 5.74) is 5.63. The molecule has 2 rings (SSSR count). The van der Waals surface area contributed by atoms with Gasteiger partial charge in [0.2, 0.25) is 0 Å². The van der Waals surface area contributed by atoms with E-state index in [4.69, 9.17) is 0 Å². The molecule has 0 fully saturated rings. The number of nitrogens with one attached hydrogen (secondary N) is 1. The molecule has 0 amide bonds. The number of hydrogen-bond donors (Lipinski definition) is 1. The molecule has 0 unspecified atom stereocenters. The fourth-order valence-corrected chi connectivity index (χ4v) is 1.94. The number of allylic oxidation sites excluding steroid dienone is 1. The van der Waals surface area contributed by atoms with Gasteiger partial charge in [-0.2, -0.15) is 0 Å². The van der Waals surface area contributed by atoms with Gasteiger partial charge in [-0.25, -0.2) is 0 Å². The van der Waals surface area contributed by atoms with E-state index in [9.17, 15) is 0 Å². The van der Waals surface area contributed by atoms with E-state index in [1.807, 2.05) is 0 Å². The van der Waals surface area contributed by atoms with Crippen molar-refractivity contribution < 1.29 is 0 Å². The van der Waals surface area contributed by atoms with Crippen LogP contribution in [0, 0.1) is 0 Å². The SMILES string of the molecule is C=C1Cc2ccc(C(C)(C)C)cc2CN1. The third-order valence-corrected chi connectivity index (χ3v) is 3.00. The van der Waals surface area contributed by atoms with Gasteiger partial charge in [0, 0.05) is 18.7 Å². The Labute approximate surface area is 92.2 Å². The summed E-state index contributed by atoms with van der Waals surface area (Å²) in [5.74, 6) is 0. The summed E-state index contributed by atoms with van der Waals surface area (Å²) in [6.07, 6.45) is 0.972. The first-order valence-electron chi connectivity index (χ1n) is 5.51. The number of fused-ring (bicyclic) bond motifs is 1. The van der Waals surface area contributed by atoms with Crippen LogP contribution in [0.2, 0.25) is 0 Å². The molecule has 0 spiro atoms. The minimum absolute atomic E-state index is 0.240. The lowest BCUT2D eigenvalue weighted by molar-refractivity contribution is 0.587. The second-order valence-corrected chi connectivity index (χ2v) is 5.37. The Hall–Kier alpha value is -1.24. The van der Waals surface area contributed by atoms with Crippen LogP contribution in [0.15, 0.2) is 30.5 Å².